The SMILES string of the molecule is NC(N)=NCCCC(NC(=O)C(Cc1ccccc1)NC(=O)C(N)CS)C(=O)NC(Cc1cnc[nH]1)C(=O)O. The number of rotatable bonds is 16. The number of nitrogens with zero attached hydrogens (tertiary/aromatic N) is 2. The van der Waals surface area contributed by atoms with Gasteiger partial charge in [0.1, 0.15) is 18.1 Å². The van der Waals surface area contributed by atoms with E-state index in [0.717, 1.165) is 5.56 Å². The Morgan fingerprint density at radius 1 is 0.974 bits per heavy atom. The van der Waals surface area contributed by atoms with E-state index < -0.39 is 47.9 Å². The molecule has 39 heavy (non-hydrogen) atoms. The van der Waals surface area contributed by atoms with Gasteiger partial charge in [0.25, 0.3) is 0 Å². The number of guanidine groups is 1. The van der Waals surface area contributed by atoms with Crippen LogP contribution in [0.3, 0.4) is 0 Å². The van der Waals surface area contributed by atoms with E-state index in [4.69, 9.17) is 17.2 Å². The van der Waals surface area contributed by atoms with E-state index in [1.807, 2.05) is 6.07 Å². The number of thiol groups is 1. The van der Waals surface area contributed by atoms with Gasteiger partial charge >= 0.3 is 5.97 Å². The average molecular weight is 562 g/mol. The molecule has 0 radical (unpaired) electrons. The van der Waals surface area contributed by atoms with E-state index in [9.17, 15) is 24.3 Å². The molecule has 0 aliphatic rings. The number of nitrogens with one attached hydrogen (secondary N) is 4. The van der Waals surface area contributed by atoms with Crippen molar-refractivity contribution < 1.29 is 24.3 Å². The fourth-order valence-electron chi connectivity index (χ4n) is 3.55. The zero-order valence-corrected chi connectivity index (χ0v) is 22.1. The Morgan fingerprint density at radius 3 is 2.21 bits per heavy atom. The van der Waals surface area contributed by atoms with Gasteiger partial charge in [0.15, 0.2) is 5.96 Å². The first-order valence-corrected chi connectivity index (χ1v) is 12.8. The Morgan fingerprint density at radius 2 is 1.62 bits per heavy atom. The molecule has 2 rings (SSSR count). The van der Waals surface area contributed by atoms with Crippen molar-refractivity contribution in [2.45, 2.75) is 49.9 Å². The number of H-pyrrole nitrogens is 1. The van der Waals surface area contributed by atoms with Crippen molar-refractivity contribution in [3.05, 3.63) is 54.1 Å². The van der Waals surface area contributed by atoms with Gasteiger partial charge in [-0.05, 0) is 18.4 Å². The van der Waals surface area contributed by atoms with Crippen molar-refractivity contribution in [3.63, 3.8) is 0 Å². The van der Waals surface area contributed by atoms with Crippen molar-refractivity contribution >= 4 is 42.3 Å². The maximum Gasteiger partial charge on any atom is 0.326 e. The molecule has 1 aromatic heterocycles. The minimum atomic E-state index is -1.29. The molecule has 0 aliphatic heterocycles. The molecule has 3 amide bonds. The molecule has 0 fully saturated rings. The zero-order chi connectivity index (χ0) is 28.8. The van der Waals surface area contributed by atoms with Crippen LogP contribution in [-0.2, 0) is 32.0 Å². The first-order chi connectivity index (χ1) is 18.6. The van der Waals surface area contributed by atoms with E-state index in [2.05, 4.69) is 43.5 Å². The summed E-state index contributed by atoms with van der Waals surface area (Å²) < 4.78 is 0. The highest BCUT2D eigenvalue weighted by molar-refractivity contribution is 7.80. The van der Waals surface area contributed by atoms with Crippen molar-refractivity contribution in [2.75, 3.05) is 12.3 Å². The predicted octanol–water partition coefficient (Wildman–Crippen LogP) is -1.96. The number of benzene rings is 1. The molecule has 15 heteroatoms. The molecule has 11 N–H and O–H groups in total. The zero-order valence-electron chi connectivity index (χ0n) is 21.2. The van der Waals surface area contributed by atoms with Gasteiger partial charge in [0.2, 0.25) is 17.7 Å². The highest BCUT2D eigenvalue weighted by Gasteiger charge is 2.30. The second-order valence-corrected chi connectivity index (χ2v) is 9.10. The smallest absolute Gasteiger partial charge is 0.326 e. The number of carbonyl (C=O) groups excluding carboxylic acids is 3. The molecule has 212 valence electrons. The van der Waals surface area contributed by atoms with Gasteiger partial charge in [-0.2, -0.15) is 12.6 Å². The summed E-state index contributed by atoms with van der Waals surface area (Å²) in [6.07, 6.45) is 3.30. The van der Waals surface area contributed by atoms with Crippen LogP contribution in [0.5, 0.6) is 0 Å². The van der Waals surface area contributed by atoms with E-state index in [0.29, 0.717) is 12.1 Å². The number of aromatic nitrogens is 2. The second-order valence-electron chi connectivity index (χ2n) is 8.73. The Labute approximate surface area is 231 Å². The summed E-state index contributed by atoms with van der Waals surface area (Å²) in [4.78, 5) is 61.4. The summed E-state index contributed by atoms with van der Waals surface area (Å²) in [5, 5.41) is 17.4. The molecule has 2 aromatic rings. The molecule has 0 bridgehead atoms. The molecular weight excluding hydrogens is 526 g/mol. The topological polar surface area (TPSA) is 244 Å². The molecule has 4 atom stereocenters. The maximum absolute atomic E-state index is 13.4. The van der Waals surface area contributed by atoms with Gasteiger partial charge in [0.05, 0.1) is 12.4 Å². The normalized spacial score (nSPS) is 13.8. The summed E-state index contributed by atoms with van der Waals surface area (Å²) in [7, 11) is 0. The predicted molar refractivity (Wildman–Crippen MR) is 148 cm³/mol. The van der Waals surface area contributed by atoms with E-state index in [-0.39, 0.29) is 37.5 Å². The van der Waals surface area contributed by atoms with Crippen LogP contribution in [0.4, 0.5) is 0 Å². The second kappa shape index (κ2) is 16.0. The first-order valence-electron chi connectivity index (χ1n) is 12.2. The van der Waals surface area contributed by atoms with Crippen molar-refractivity contribution in [1.82, 2.24) is 25.9 Å². The van der Waals surface area contributed by atoms with Crippen molar-refractivity contribution in [2.24, 2.45) is 22.2 Å². The Hall–Kier alpha value is -4.11. The molecule has 0 spiro atoms. The summed E-state index contributed by atoms with van der Waals surface area (Å²) in [6.45, 7) is 0.180. The molecule has 0 saturated carbocycles. The monoisotopic (exact) mass is 561 g/mol. The number of carbonyl (C=O) groups is 4. The Kier molecular flexibility index (Phi) is 12.8. The number of hydrogen-bond donors (Lipinski definition) is 9. The number of imidazole rings is 1. The van der Waals surface area contributed by atoms with E-state index in [1.54, 1.807) is 24.3 Å². The maximum atomic E-state index is 13.4. The van der Waals surface area contributed by atoms with Gasteiger partial charge in [0, 0.05) is 37.0 Å². The highest BCUT2D eigenvalue weighted by Crippen LogP contribution is 2.07. The van der Waals surface area contributed by atoms with Crippen molar-refractivity contribution in [3.8, 4) is 0 Å². The quantitative estimate of drug-likeness (QED) is 0.0477. The number of aliphatic imine (C=N–C) groups is 1. The minimum Gasteiger partial charge on any atom is -0.480 e. The molecular formula is C24H35N9O5S. The summed E-state index contributed by atoms with van der Waals surface area (Å²) >= 11 is 4.03. The van der Waals surface area contributed by atoms with Gasteiger partial charge in [-0.15, -0.1) is 0 Å². The lowest BCUT2D eigenvalue weighted by Gasteiger charge is -2.25. The number of aromatic amines is 1. The molecule has 0 saturated heterocycles. The van der Waals surface area contributed by atoms with Crippen LogP contribution in [0, 0.1) is 0 Å². The third-order valence-electron chi connectivity index (χ3n) is 5.62. The van der Waals surface area contributed by atoms with Gasteiger partial charge in [-0.1, -0.05) is 30.3 Å². The summed E-state index contributed by atoms with van der Waals surface area (Å²) in [5.41, 5.74) is 17.8. The average Bonchev–Trinajstić information content (AvgIpc) is 3.42. The lowest BCUT2D eigenvalue weighted by atomic mass is 10.0. The Balaban J connectivity index is 2.22. The van der Waals surface area contributed by atoms with E-state index >= 15 is 0 Å². The van der Waals surface area contributed by atoms with Crippen LogP contribution < -0.4 is 33.2 Å². The van der Waals surface area contributed by atoms with Crippen molar-refractivity contribution in [1.29, 1.82) is 0 Å². The van der Waals surface area contributed by atoms with Gasteiger partial charge < -0.3 is 43.2 Å². The number of amides is 3. The third kappa shape index (κ3) is 11.0. The molecule has 1 aromatic carbocycles. The molecule has 1 heterocycles. The molecule has 0 aliphatic carbocycles. The molecule has 4 unspecified atom stereocenters. The summed E-state index contributed by atoms with van der Waals surface area (Å²) in [5.74, 6) is -3.29. The van der Waals surface area contributed by atoms with Crippen LogP contribution in [0.25, 0.3) is 0 Å². The van der Waals surface area contributed by atoms with Crippen LogP contribution in [-0.4, -0.2) is 81.2 Å². The van der Waals surface area contributed by atoms with Crippen LogP contribution >= 0.6 is 12.6 Å². The highest BCUT2D eigenvalue weighted by atomic mass is 32.1. The number of carboxylic acids is 1. The fourth-order valence-corrected chi connectivity index (χ4v) is 3.72. The third-order valence-corrected chi connectivity index (χ3v) is 6.01. The first kappa shape index (κ1) is 31.1. The number of nitrogens with two attached hydrogens (primary N) is 3. The number of carboxylic acid groups (broad SMARTS) is 1. The van der Waals surface area contributed by atoms with E-state index in [1.165, 1.54) is 12.5 Å². The lowest BCUT2D eigenvalue weighted by molar-refractivity contribution is -0.142. The standard InChI is InChI=1S/C24H35N9O5S/c25-16(12-39)20(34)32-18(9-14-5-2-1-3-6-14)22(36)31-17(7-4-8-29-24(26)27)21(35)33-19(23(37)38)10-15-11-28-13-30-15/h1-3,5-6,11,13,16-19,39H,4,7-10,12,25H2,(H,28,30)(H,31,36)(H,32,34)(H,33,35)(H,37,38)(H4,26,27,29). The minimum absolute atomic E-state index is 0.0515. The van der Waals surface area contributed by atoms with Gasteiger partial charge in [-0.3, -0.25) is 19.4 Å². The van der Waals surface area contributed by atoms with Crippen LogP contribution in [0.2, 0.25) is 0 Å². The Bertz CT molecular complexity index is 1110. The number of hydrogen-bond acceptors (Lipinski definition) is 8. The largest absolute Gasteiger partial charge is 0.480 e. The lowest BCUT2D eigenvalue weighted by Crippen LogP contribution is -2.58. The van der Waals surface area contributed by atoms with Gasteiger partial charge in [-0.25, -0.2) is 9.78 Å². The molecule has 14 nitrogen and oxygen atoms in total. The van der Waals surface area contributed by atoms with Crippen LogP contribution in [0.1, 0.15) is 24.1 Å². The fraction of sp³-hybridized carbons (Fsp3) is 0.417. The summed E-state index contributed by atoms with van der Waals surface area (Å²) in [6, 6.07) is 4.51. The van der Waals surface area contributed by atoms with Crippen LogP contribution in [0.15, 0.2) is 47.8 Å². The number of aliphatic carboxylic acids is 1.